The van der Waals surface area contributed by atoms with Crippen LogP contribution in [0.1, 0.15) is 18.9 Å². The van der Waals surface area contributed by atoms with E-state index in [2.05, 4.69) is 9.97 Å². The Labute approximate surface area is 104 Å². The van der Waals surface area contributed by atoms with E-state index >= 15 is 0 Å². The molecule has 3 N–H and O–H groups in total. The van der Waals surface area contributed by atoms with Crippen molar-refractivity contribution >= 4 is 0 Å². The molecule has 1 aromatic carbocycles. The number of benzene rings is 1. The van der Waals surface area contributed by atoms with Crippen molar-refractivity contribution in [3.8, 4) is 23.0 Å². The maximum atomic E-state index is 11.8. The van der Waals surface area contributed by atoms with E-state index in [1.165, 1.54) is 12.1 Å². The molecule has 0 atom stereocenters. The van der Waals surface area contributed by atoms with E-state index in [1.807, 2.05) is 6.92 Å². The molecule has 2 rings (SSSR count). The molecule has 1 aromatic heterocycles. The molecule has 94 valence electrons. The lowest BCUT2D eigenvalue weighted by Crippen LogP contribution is -2.15. The van der Waals surface area contributed by atoms with E-state index in [0.29, 0.717) is 17.5 Å². The summed E-state index contributed by atoms with van der Waals surface area (Å²) >= 11 is 0. The van der Waals surface area contributed by atoms with Crippen LogP contribution in [-0.2, 0) is 6.42 Å². The molecule has 0 unspecified atom stereocenters. The minimum absolute atomic E-state index is 0.0762. The van der Waals surface area contributed by atoms with Crippen molar-refractivity contribution in [1.29, 1.82) is 0 Å². The zero-order chi connectivity index (χ0) is 13.1. The van der Waals surface area contributed by atoms with Crippen molar-refractivity contribution in [1.82, 2.24) is 9.97 Å². The van der Waals surface area contributed by atoms with Crippen LogP contribution < -0.4 is 5.56 Å². The molecule has 1 heterocycles. The average Bonchev–Trinajstić information content (AvgIpc) is 2.33. The Hall–Kier alpha value is -2.30. The zero-order valence-electron chi connectivity index (χ0n) is 9.97. The molecule has 0 amide bonds. The van der Waals surface area contributed by atoms with Crippen molar-refractivity contribution in [3.05, 3.63) is 40.2 Å². The maximum Gasteiger partial charge on any atom is 0.258 e. The van der Waals surface area contributed by atoms with Crippen LogP contribution in [0.25, 0.3) is 11.4 Å². The van der Waals surface area contributed by atoms with Gasteiger partial charge in [-0.1, -0.05) is 25.5 Å². The van der Waals surface area contributed by atoms with Gasteiger partial charge >= 0.3 is 0 Å². The van der Waals surface area contributed by atoms with Gasteiger partial charge in [-0.3, -0.25) is 4.79 Å². The van der Waals surface area contributed by atoms with Crippen LogP contribution >= 0.6 is 0 Å². The van der Waals surface area contributed by atoms with Crippen LogP contribution in [-0.4, -0.2) is 20.2 Å². The van der Waals surface area contributed by atoms with Gasteiger partial charge in [-0.25, -0.2) is 0 Å². The number of nitrogens with zero attached hydrogens (tertiary/aromatic N) is 1. The molecule has 0 bridgehead atoms. The summed E-state index contributed by atoms with van der Waals surface area (Å²) < 4.78 is 0. The Kier molecular flexibility index (Phi) is 3.32. The molecule has 0 aliphatic heterocycles. The Morgan fingerprint density at radius 3 is 2.72 bits per heavy atom. The number of aromatic amines is 1. The first-order valence-electron chi connectivity index (χ1n) is 5.73. The number of hydrogen-bond acceptors (Lipinski definition) is 4. The molecule has 0 saturated carbocycles. The Morgan fingerprint density at radius 2 is 2.11 bits per heavy atom. The van der Waals surface area contributed by atoms with Crippen LogP contribution in [0.4, 0.5) is 0 Å². The lowest BCUT2D eigenvalue weighted by atomic mass is 10.1. The van der Waals surface area contributed by atoms with Gasteiger partial charge in [0, 0.05) is 5.56 Å². The third-order valence-electron chi connectivity index (χ3n) is 2.61. The number of aromatic hydroxyl groups is 2. The smallest absolute Gasteiger partial charge is 0.258 e. The number of H-pyrrole nitrogens is 1. The Morgan fingerprint density at radius 1 is 1.33 bits per heavy atom. The molecular formula is C13H14N2O3. The van der Waals surface area contributed by atoms with Gasteiger partial charge in [-0.2, -0.15) is 4.98 Å². The van der Waals surface area contributed by atoms with Gasteiger partial charge in [0.05, 0.1) is 5.56 Å². The highest BCUT2D eigenvalue weighted by Gasteiger charge is 2.11. The fourth-order valence-corrected chi connectivity index (χ4v) is 1.75. The van der Waals surface area contributed by atoms with Gasteiger partial charge in [0.15, 0.2) is 0 Å². The number of aromatic nitrogens is 2. The van der Waals surface area contributed by atoms with E-state index < -0.39 is 0 Å². The van der Waals surface area contributed by atoms with E-state index in [0.717, 1.165) is 6.42 Å². The molecule has 5 heteroatoms. The van der Waals surface area contributed by atoms with E-state index in [-0.39, 0.29) is 23.0 Å². The quantitative estimate of drug-likeness (QED) is 0.770. The van der Waals surface area contributed by atoms with Gasteiger partial charge in [0.2, 0.25) is 5.88 Å². The summed E-state index contributed by atoms with van der Waals surface area (Å²) in [4.78, 5) is 18.4. The average molecular weight is 246 g/mol. The molecule has 18 heavy (non-hydrogen) atoms. The lowest BCUT2D eigenvalue weighted by molar-refractivity contribution is 0.443. The van der Waals surface area contributed by atoms with Gasteiger partial charge in [0.1, 0.15) is 11.6 Å². The minimum Gasteiger partial charge on any atom is -0.508 e. The Balaban J connectivity index is 2.51. The zero-order valence-corrected chi connectivity index (χ0v) is 9.97. The second-order valence-electron chi connectivity index (χ2n) is 4.02. The van der Waals surface area contributed by atoms with Gasteiger partial charge in [0.25, 0.3) is 5.56 Å². The topological polar surface area (TPSA) is 86.2 Å². The normalized spacial score (nSPS) is 10.5. The molecule has 0 spiro atoms. The summed E-state index contributed by atoms with van der Waals surface area (Å²) in [6.45, 7) is 1.92. The predicted molar refractivity (Wildman–Crippen MR) is 67.6 cm³/mol. The van der Waals surface area contributed by atoms with Crippen LogP contribution in [0.15, 0.2) is 29.1 Å². The number of nitrogens with one attached hydrogen (secondary N) is 1. The highest BCUT2D eigenvalue weighted by atomic mass is 16.3. The molecule has 0 aliphatic carbocycles. The first kappa shape index (κ1) is 12.2. The van der Waals surface area contributed by atoms with Crippen LogP contribution in [0.3, 0.4) is 0 Å². The fourth-order valence-electron chi connectivity index (χ4n) is 1.75. The third kappa shape index (κ3) is 2.34. The first-order chi connectivity index (χ1) is 8.61. The molecule has 0 aliphatic rings. The SMILES string of the molecule is CCCc1c(O)nc(-c2cccc(O)c2)[nH]c1=O. The summed E-state index contributed by atoms with van der Waals surface area (Å²) in [5.41, 5.74) is 0.495. The van der Waals surface area contributed by atoms with Gasteiger partial charge < -0.3 is 15.2 Å². The van der Waals surface area contributed by atoms with Crippen LogP contribution in [0.2, 0.25) is 0 Å². The summed E-state index contributed by atoms with van der Waals surface area (Å²) in [5, 5.41) is 19.1. The maximum absolute atomic E-state index is 11.8. The van der Waals surface area contributed by atoms with Crippen LogP contribution in [0.5, 0.6) is 11.6 Å². The molecule has 5 nitrogen and oxygen atoms in total. The fraction of sp³-hybridized carbons (Fsp3) is 0.231. The largest absolute Gasteiger partial charge is 0.508 e. The monoisotopic (exact) mass is 246 g/mol. The molecule has 0 saturated heterocycles. The van der Waals surface area contributed by atoms with Crippen molar-refractivity contribution in [2.75, 3.05) is 0 Å². The summed E-state index contributed by atoms with van der Waals surface area (Å²) in [7, 11) is 0. The van der Waals surface area contributed by atoms with Crippen molar-refractivity contribution < 1.29 is 10.2 Å². The highest BCUT2D eigenvalue weighted by Crippen LogP contribution is 2.21. The first-order valence-corrected chi connectivity index (χ1v) is 5.73. The van der Waals surface area contributed by atoms with Crippen LogP contribution in [0, 0.1) is 0 Å². The lowest BCUT2D eigenvalue weighted by Gasteiger charge is -2.05. The highest BCUT2D eigenvalue weighted by molar-refractivity contribution is 5.57. The number of phenols is 1. The third-order valence-corrected chi connectivity index (χ3v) is 2.61. The van der Waals surface area contributed by atoms with E-state index in [4.69, 9.17) is 0 Å². The number of rotatable bonds is 3. The summed E-state index contributed by atoms with van der Waals surface area (Å²) in [5.74, 6) is 0.0690. The molecule has 0 radical (unpaired) electrons. The molecule has 2 aromatic rings. The van der Waals surface area contributed by atoms with Gasteiger partial charge in [-0.05, 0) is 18.6 Å². The number of hydrogen-bond donors (Lipinski definition) is 3. The standard InChI is InChI=1S/C13H14N2O3/c1-2-4-10-12(17)14-11(15-13(10)18)8-5-3-6-9(16)7-8/h3,5-7,16H,2,4H2,1H3,(H2,14,15,17,18). The van der Waals surface area contributed by atoms with Crippen molar-refractivity contribution in [2.24, 2.45) is 0 Å². The number of phenolic OH excluding ortho intramolecular Hbond substituents is 1. The summed E-state index contributed by atoms with van der Waals surface area (Å²) in [6.07, 6.45) is 1.23. The van der Waals surface area contributed by atoms with E-state index in [1.54, 1.807) is 12.1 Å². The van der Waals surface area contributed by atoms with Crippen molar-refractivity contribution in [3.63, 3.8) is 0 Å². The van der Waals surface area contributed by atoms with E-state index in [9.17, 15) is 15.0 Å². The summed E-state index contributed by atoms with van der Waals surface area (Å²) in [6, 6.07) is 6.32. The Bertz CT molecular complexity index is 620. The minimum atomic E-state index is -0.345. The molecule has 0 fully saturated rings. The predicted octanol–water partition coefficient (Wildman–Crippen LogP) is 1.80. The second-order valence-corrected chi connectivity index (χ2v) is 4.02. The molecular weight excluding hydrogens is 232 g/mol. The van der Waals surface area contributed by atoms with Crippen molar-refractivity contribution in [2.45, 2.75) is 19.8 Å². The second kappa shape index (κ2) is 4.91. The van der Waals surface area contributed by atoms with Gasteiger partial charge in [-0.15, -0.1) is 0 Å².